The highest BCUT2D eigenvalue weighted by Gasteiger charge is 2.20. The van der Waals surface area contributed by atoms with Crippen LogP contribution >= 0.6 is 38.9 Å². The van der Waals surface area contributed by atoms with Gasteiger partial charge >= 0.3 is 0 Å². The van der Waals surface area contributed by atoms with Gasteiger partial charge in [-0.1, -0.05) is 54.1 Å². The third-order valence-electron chi connectivity index (χ3n) is 4.34. The summed E-state index contributed by atoms with van der Waals surface area (Å²) in [5, 5.41) is 6.26. The van der Waals surface area contributed by atoms with Crippen LogP contribution in [0, 0.1) is 0 Å². The largest absolute Gasteiger partial charge is 0.356 e. The van der Waals surface area contributed by atoms with Gasteiger partial charge in [0.1, 0.15) is 0 Å². The van der Waals surface area contributed by atoms with Crippen molar-refractivity contribution >= 4 is 50.7 Å². The Labute approximate surface area is 187 Å². The van der Waals surface area contributed by atoms with Crippen molar-refractivity contribution in [3.05, 3.63) is 91.5 Å². The number of benzene rings is 2. The fourth-order valence-corrected chi connectivity index (χ4v) is 4.59. The van der Waals surface area contributed by atoms with Gasteiger partial charge in [-0.3, -0.25) is 9.59 Å². The molecule has 0 saturated heterocycles. The number of nitrogens with one attached hydrogen (secondary N) is 2. The smallest absolute Gasteiger partial charge is 0.253 e. The molecule has 0 radical (unpaired) electrons. The third-order valence-corrected chi connectivity index (χ3v) is 6.35. The Bertz CT molecular complexity index is 978. The lowest BCUT2D eigenvalue weighted by Crippen LogP contribution is -2.34. The van der Waals surface area contributed by atoms with Gasteiger partial charge in [0, 0.05) is 11.4 Å². The molecular weight excluding hydrogens is 472 g/mol. The Morgan fingerprint density at radius 3 is 2.41 bits per heavy atom. The Balaban J connectivity index is 1.63. The fourth-order valence-electron chi connectivity index (χ4n) is 2.89. The van der Waals surface area contributed by atoms with E-state index < -0.39 is 6.04 Å². The minimum absolute atomic E-state index is 0.117. The highest BCUT2D eigenvalue weighted by atomic mass is 79.9. The molecule has 2 aromatic carbocycles. The van der Waals surface area contributed by atoms with Crippen molar-refractivity contribution < 1.29 is 9.59 Å². The molecule has 1 heterocycles. The van der Waals surface area contributed by atoms with Gasteiger partial charge in [-0.15, -0.1) is 11.3 Å². The van der Waals surface area contributed by atoms with E-state index in [9.17, 15) is 9.59 Å². The fraction of sp³-hybridized carbons (Fsp3) is 0.182. The van der Waals surface area contributed by atoms with Crippen LogP contribution in [0.4, 0.5) is 0 Å². The second-order valence-corrected chi connectivity index (χ2v) is 9.38. The van der Waals surface area contributed by atoms with Crippen LogP contribution < -0.4 is 10.6 Å². The molecule has 3 aromatic rings. The molecule has 1 atom stereocenters. The van der Waals surface area contributed by atoms with E-state index in [0.717, 1.165) is 15.8 Å². The van der Waals surface area contributed by atoms with Crippen LogP contribution in [0.1, 0.15) is 33.3 Å². The highest BCUT2D eigenvalue weighted by Crippen LogP contribution is 2.22. The molecule has 0 aliphatic rings. The van der Waals surface area contributed by atoms with Crippen molar-refractivity contribution in [3.8, 4) is 0 Å². The number of halogens is 2. The van der Waals surface area contributed by atoms with Gasteiger partial charge in [-0.25, -0.2) is 0 Å². The maximum Gasteiger partial charge on any atom is 0.253 e. The maximum atomic E-state index is 12.7. The second-order valence-electron chi connectivity index (χ2n) is 6.43. The molecule has 2 N–H and O–H groups in total. The molecule has 4 nitrogen and oxygen atoms in total. The first-order valence-corrected chi connectivity index (χ1v) is 11.1. The number of amides is 2. The number of rotatable bonds is 8. The monoisotopic (exact) mass is 490 g/mol. The number of hydrogen-bond acceptors (Lipinski definition) is 3. The van der Waals surface area contributed by atoms with Crippen LogP contribution in [0.3, 0.4) is 0 Å². The molecule has 0 unspecified atom stereocenters. The molecule has 29 heavy (non-hydrogen) atoms. The van der Waals surface area contributed by atoms with Crippen LogP contribution in [0.25, 0.3) is 0 Å². The number of carbonyl (C=O) groups excluding carboxylic acids is 2. The SMILES string of the molecule is O=C(C[C@@H](NC(=O)c1ccccc1Cl)c1ccccc1)NCCc1ccc(Br)s1. The van der Waals surface area contributed by atoms with E-state index in [4.69, 9.17) is 11.6 Å². The summed E-state index contributed by atoms with van der Waals surface area (Å²) in [6, 6.07) is 19.9. The molecule has 7 heteroatoms. The van der Waals surface area contributed by atoms with E-state index in [1.54, 1.807) is 35.6 Å². The van der Waals surface area contributed by atoms with E-state index in [1.807, 2.05) is 42.5 Å². The van der Waals surface area contributed by atoms with Crippen molar-refractivity contribution in [2.75, 3.05) is 6.54 Å². The lowest BCUT2D eigenvalue weighted by Gasteiger charge is -2.19. The number of hydrogen-bond donors (Lipinski definition) is 2. The molecule has 0 bridgehead atoms. The quantitative estimate of drug-likeness (QED) is 0.444. The normalized spacial score (nSPS) is 11.7. The van der Waals surface area contributed by atoms with Crippen LogP contribution in [-0.4, -0.2) is 18.4 Å². The zero-order valence-corrected chi connectivity index (χ0v) is 18.7. The minimum Gasteiger partial charge on any atom is -0.356 e. The van der Waals surface area contributed by atoms with Gasteiger partial charge in [-0.05, 0) is 52.2 Å². The molecule has 3 rings (SSSR count). The molecule has 0 spiro atoms. The Morgan fingerprint density at radius 1 is 1.00 bits per heavy atom. The van der Waals surface area contributed by atoms with Gasteiger partial charge in [0.25, 0.3) is 5.91 Å². The summed E-state index contributed by atoms with van der Waals surface area (Å²) in [5.74, 6) is -0.422. The van der Waals surface area contributed by atoms with E-state index >= 15 is 0 Å². The van der Waals surface area contributed by atoms with Crippen LogP contribution in [-0.2, 0) is 11.2 Å². The Morgan fingerprint density at radius 2 is 1.72 bits per heavy atom. The highest BCUT2D eigenvalue weighted by molar-refractivity contribution is 9.11. The predicted octanol–water partition coefficient (Wildman–Crippen LogP) is 5.38. The number of thiophene rings is 1. The van der Waals surface area contributed by atoms with Gasteiger partial charge in [0.2, 0.25) is 5.91 Å². The maximum absolute atomic E-state index is 12.7. The van der Waals surface area contributed by atoms with Crippen molar-refractivity contribution in [1.29, 1.82) is 0 Å². The molecule has 150 valence electrons. The number of carbonyl (C=O) groups is 2. The van der Waals surface area contributed by atoms with Crippen molar-refractivity contribution in [2.24, 2.45) is 0 Å². The minimum atomic E-state index is -0.448. The molecular formula is C22H20BrClN2O2S. The first-order chi connectivity index (χ1) is 14.0. The first-order valence-electron chi connectivity index (χ1n) is 9.14. The molecule has 0 aliphatic carbocycles. The van der Waals surface area contributed by atoms with Crippen molar-refractivity contribution in [1.82, 2.24) is 10.6 Å². The zero-order valence-electron chi connectivity index (χ0n) is 15.5. The molecule has 0 aliphatic heterocycles. The zero-order chi connectivity index (χ0) is 20.6. The van der Waals surface area contributed by atoms with Crippen LogP contribution in [0.2, 0.25) is 5.02 Å². The van der Waals surface area contributed by atoms with Gasteiger partial charge in [-0.2, -0.15) is 0 Å². The van der Waals surface area contributed by atoms with Crippen molar-refractivity contribution in [2.45, 2.75) is 18.9 Å². The molecule has 0 saturated carbocycles. The third kappa shape index (κ3) is 6.42. The standard InChI is InChI=1S/C22H20BrClN2O2S/c23-20-11-10-16(29-20)12-13-25-21(27)14-19(15-6-2-1-3-7-15)26-22(28)17-8-4-5-9-18(17)24/h1-11,19H,12-14H2,(H,25,27)(H,26,28)/t19-/m1/s1. The van der Waals surface area contributed by atoms with Gasteiger partial charge in [0.15, 0.2) is 0 Å². The van der Waals surface area contributed by atoms with Crippen molar-refractivity contribution in [3.63, 3.8) is 0 Å². The predicted molar refractivity (Wildman–Crippen MR) is 121 cm³/mol. The summed E-state index contributed by atoms with van der Waals surface area (Å²) < 4.78 is 1.07. The van der Waals surface area contributed by atoms with E-state index in [2.05, 4.69) is 26.6 Å². The average Bonchev–Trinajstić information content (AvgIpc) is 3.13. The lowest BCUT2D eigenvalue weighted by molar-refractivity contribution is -0.121. The summed E-state index contributed by atoms with van der Waals surface area (Å²) in [5.41, 5.74) is 1.25. The van der Waals surface area contributed by atoms with Crippen LogP contribution in [0.15, 0.2) is 70.5 Å². The van der Waals surface area contributed by atoms with E-state index in [1.165, 1.54) is 4.88 Å². The Kier molecular flexibility index (Phi) is 7.86. The summed E-state index contributed by atoms with van der Waals surface area (Å²) in [7, 11) is 0. The average molecular weight is 492 g/mol. The molecule has 0 fully saturated rings. The van der Waals surface area contributed by atoms with Gasteiger partial charge in [0.05, 0.1) is 26.8 Å². The van der Waals surface area contributed by atoms with Crippen LogP contribution in [0.5, 0.6) is 0 Å². The summed E-state index contributed by atoms with van der Waals surface area (Å²) >= 11 is 11.2. The van der Waals surface area contributed by atoms with E-state index in [-0.39, 0.29) is 18.2 Å². The summed E-state index contributed by atoms with van der Waals surface area (Å²) in [6.07, 6.45) is 0.915. The first kappa shape index (κ1) is 21.6. The summed E-state index contributed by atoms with van der Waals surface area (Å²) in [6.45, 7) is 0.547. The lowest BCUT2D eigenvalue weighted by atomic mass is 10.0. The Hall–Kier alpha value is -2.15. The van der Waals surface area contributed by atoms with E-state index in [0.29, 0.717) is 17.1 Å². The topological polar surface area (TPSA) is 58.2 Å². The summed E-state index contributed by atoms with van der Waals surface area (Å²) in [4.78, 5) is 26.4. The van der Waals surface area contributed by atoms with Gasteiger partial charge < -0.3 is 10.6 Å². The molecule has 1 aromatic heterocycles. The second kappa shape index (κ2) is 10.6. The molecule has 2 amide bonds.